The minimum Gasteiger partial charge on any atom is -0.494 e. The van der Waals surface area contributed by atoms with E-state index in [-0.39, 0.29) is 11.9 Å². The summed E-state index contributed by atoms with van der Waals surface area (Å²) in [5.41, 5.74) is 1.57. The van der Waals surface area contributed by atoms with Crippen molar-refractivity contribution < 1.29 is 9.53 Å². The summed E-state index contributed by atoms with van der Waals surface area (Å²) >= 11 is 0. The Morgan fingerprint density at radius 1 is 1.04 bits per heavy atom. The zero-order valence-electron chi connectivity index (χ0n) is 14.9. The van der Waals surface area contributed by atoms with Crippen molar-refractivity contribution in [1.29, 1.82) is 0 Å². The van der Waals surface area contributed by atoms with Gasteiger partial charge in [-0.2, -0.15) is 0 Å². The van der Waals surface area contributed by atoms with Crippen molar-refractivity contribution >= 4 is 11.6 Å². The standard InChI is InChI=1S/C20H26N2O2/c1-5-24-19-13-11-18(12-14-19)22(16(2)15-21(3)4)20(23)17-9-7-6-8-10-17/h6-14,16H,5,15H2,1-4H3. The molecule has 0 saturated carbocycles. The number of ether oxygens (including phenoxy) is 1. The average molecular weight is 326 g/mol. The highest BCUT2D eigenvalue weighted by Gasteiger charge is 2.23. The fourth-order valence-electron chi connectivity index (χ4n) is 2.77. The van der Waals surface area contributed by atoms with Gasteiger partial charge in [-0.25, -0.2) is 0 Å². The summed E-state index contributed by atoms with van der Waals surface area (Å²) in [4.78, 5) is 17.0. The lowest BCUT2D eigenvalue weighted by Crippen LogP contribution is -2.44. The molecule has 0 aliphatic carbocycles. The van der Waals surface area contributed by atoms with Crippen LogP contribution in [0, 0.1) is 0 Å². The first-order valence-corrected chi connectivity index (χ1v) is 8.29. The number of nitrogens with zero attached hydrogens (tertiary/aromatic N) is 2. The van der Waals surface area contributed by atoms with Gasteiger partial charge in [0.15, 0.2) is 0 Å². The molecule has 2 aromatic rings. The van der Waals surface area contributed by atoms with E-state index in [1.165, 1.54) is 0 Å². The molecular weight excluding hydrogens is 300 g/mol. The number of carbonyl (C=O) groups excluding carboxylic acids is 1. The van der Waals surface area contributed by atoms with Crippen LogP contribution in [0.15, 0.2) is 54.6 Å². The number of carbonyl (C=O) groups is 1. The van der Waals surface area contributed by atoms with Gasteiger partial charge < -0.3 is 14.5 Å². The first-order valence-electron chi connectivity index (χ1n) is 8.29. The summed E-state index contributed by atoms with van der Waals surface area (Å²) < 4.78 is 5.50. The van der Waals surface area contributed by atoms with Crippen LogP contribution < -0.4 is 9.64 Å². The SMILES string of the molecule is CCOc1ccc(N(C(=O)c2ccccc2)C(C)CN(C)C)cc1. The van der Waals surface area contributed by atoms with Crippen LogP contribution in [0.3, 0.4) is 0 Å². The number of hydrogen-bond acceptors (Lipinski definition) is 3. The molecule has 0 N–H and O–H groups in total. The van der Waals surface area contributed by atoms with Crippen LogP contribution in [0.5, 0.6) is 5.75 Å². The second-order valence-corrected chi connectivity index (χ2v) is 6.08. The van der Waals surface area contributed by atoms with Crippen LogP contribution >= 0.6 is 0 Å². The quantitative estimate of drug-likeness (QED) is 0.778. The number of amides is 1. The molecule has 4 heteroatoms. The number of likely N-dealkylation sites (N-methyl/N-ethyl adjacent to an activating group) is 1. The molecule has 0 saturated heterocycles. The van der Waals surface area contributed by atoms with Gasteiger partial charge in [-0.3, -0.25) is 4.79 Å². The molecule has 0 radical (unpaired) electrons. The topological polar surface area (TPSA) is 32.8 Å². The monoisotopic (exact) mass is 326 g/mol. The highest BCUT2D eigenvalue weighted by Crippen LogP contribution is 2.23. The van der Waals surface area contributed by atoms with Crippen molar-refractivity contribution in [1.82, 2.24) is 4.90 Å². The molecule has 2 rings (SSSR count). The molecule has 0 fully saturated rings. The Hall–Kier alpha value is -2.33. The van der Waals surface area contributed by atoms with Gasteiger partial charge in [0.05, 0.1) is 6.61 Å². The zero-order valence-corrected chi connectivity index (χ0v) is 14.9. The van der Waals surface area contributed by atoms with E-state index < -0.39 is 0 Å². The molecular formula is C20H26N2O2. The third kappa shape index (κ3) is 4.59. The Kier molecular flexibility index (Phi) is 6.38. The molecule has 1 atom stereocenters. The largest absolute Gasteiger partial charge is 0.494 e. The number of hydrogen-bond donors (Lipinski definition) is 0. The lowest BCUT2D eigenvalue weighted by molar-refractivity contribution is 0.0974. The van der Waals surface area contributed by atoms with E-state index >= 15 is 0 Å². The van der Waals surface area contributed by atoms with Gasteiger partial charge >= 0.3 is 0 Å². The predicted molar refractivity (Wildman–Crippen MR) is 98.9 cm³/mol. The van der Waals surface area contributed by atoms with Crippen LogP contribution in [0.2, 0.25) is 0 Å². The van der Waals surface area contributed by atoms with Crippen molar-refractivity contribution in [3.05, 3.63) is 60.2 Å². The first kappa shape index (κ1) is 18.0. The Labute approximate surface area is 144 Å². The average Bonchev–Trinajstić information content (AvgIpc) is 2.57. The third-order valence-electron chi connectivity index (χ3n) is 3.74. The molecule has 0 aliphatic rings. The van der Waals surface area contributed by atoms with E-state index in [0.29, 0.717) is 12.2 Å². The minimum absolute atomic E-state index is 0.00844. The Morgan fingerprint density at radius 2 is 1.67 bits per heavy atom. The van der Waals surface area contributed by atoms with Crippen molar-refractivity contribution in [3.8, 4) is 5.75 Å². The molecule has 0 aliphatic heterocycles. The van der Waals surface area contributed by atoms with Gasteiger partial charge in [0, 0.05) is 23.8 Å². The molecule has 24 heavy (non-hydrogen) atoms. The van der Waals surface area contributed by atoms with Crippen molar-refractivity contribution in [2.24, 2.45) is 0 Å². The summed E-state index contributed by atoms with van der Waals surface area (Å²) in [5.74, 6) is 0.822. The van der Waals surface area contributed by atoms with E-state index in [9.17, 15) is 4.79 Å². The Balaban J connectivity index is 2.33. The molecule has 1 amide bonds. The van der Waals surface area contributed by atoms with Crippen molar-refractivity contribution in [2.45, 2.75) is 19.9 Å². The van der Waals surface area contributed by atoms with Gasteiger partial charge in [-0.1, -0.05) is 18.2 Å². The van der Waals surface area contributed by atoms with Crippen molar-refractivity contribution in [2.75, 3.05) is 32.1 Å². The van der Waals surface area contributed by atoms with Crippen LogP contribution in [-0.4, -0.2) is 44.1 Å². The summed E-state index contributed by atoms with van der Waals surface area (Å²) in [7, 11) is 4.03. The van der Waals surface area contributed by atoms with Gasteiger partial charge in [-0.15, -0.1) is 0 Å². The molecule has 128 valence electrons. The fraction of sp³-hybridized carbons (Fsp3) is 0.350. The molecule has 1 unspecified atom stereocenters. The van der Waals surface area contributed by atoms with Gasteiger partial charge in [0.1, 0.15) is 5.75 Å². The maximum atomic E-state index is 13.1. The van der Waals surface area contributed by atoms with Gasteiger partial charge in [0.25, 0.3) is 5.91 Å². The summed E-state index contributed by atoms with van der Waals surface area (Å²) in [6, 6.07) is 17.2. The molecule has 0 bridgehead atoms. The van der Waals surface area contributed by atoms with E-state index in [1.807, 2.05) is 80.5 Å². The molecule has 2 aromatic carbocycles. The number of rotatable bonds is 7. The molecule has 0 aromatic heterocycles. The van der Waals surface area contributed by atoms with Gasteiger partial charge in [-0.05, 0) is 64.3 Å². The Bertz CT molecular complexity index is 638. The molecule has 4 nitrogen and oxygen atoms in total. The van der Waals surface area contributed by atoms with Crippen LogP contribution in [-0.2, 0) is 0 Å². The maximum Gasteiger partial charge on any atom is 0.258 e. The van der Waals surface area contributed by atoms with Gasteiger partial charge in [0.2, 0.25) is 0 Å². The molecule has 0 heterocycles. The molecule has 0 spiro atoms. The van der Waals surface area contributed by atoms with Crippen LogP contribution in [0.25, 0.3) is 0 Å². The number of anilines is 1. The predicted octanol–water partition coefficient (Wildman–Crippen LogP) is 3.68. The minimum atomic E-state index is 0.00844. The third-order valence-corrected chi connectivity index (χ3v) is 3.74. The van der Waals surface area contributed by atoms with Crippen LogP contribution in [0.1, 0.15) is 24.2 Å². The summed E-state index contributed by atoms with van der Waals surface area (Å²) in [5, 5.41) is 0. The smallest absolute Gasteiger partial charge is 0.258 e. The van der Waals surface area contributed by atoms with E-state index in [2.05, 4.69) is 11.8 Å². The van der Waals surface area contributed by atoms with E-state index in [4.69, 9.17) is 4.74 Å². The first-order chi connectivity index (χ1) is 11.5. The van der Waals surface area contributed by atoms with E-state index in [1.54, 1.807) is 0 Å². The summed E-state index contributed by atoms with van der Waals surface area (Å²) in [6.45, 7) is 5.43. The second kappa shape index (κ2) is 8.50. The number of benzene rings is 2. The lowest BCUT2D eigenvalue weighted by atomic mass is 10.1. The zero-order chi connectivity index (χ0) is 17.5. The highest BCUT2D eigenvalue weighted by molar-refractivity contribution is 6.06. The summed E-state index contributed by atoms with van der Waals surface area (Å²) in [6.07, 6.45) is 0. The lowest BCUT2D eigenvalue weighted by Gasteiger charge is -2.31. The van der Waals surface area contributed by atoms with Crippen LogP contribution in [0.4, 0.5) is 5.69 Å². The normalized spacial score (nSPS) is 12.0. The fourth-order valence-corrected chi connectivity index (χ4v) is 2.77. The second-order valence-electron chi connectivity index (χ2n) is 6.08. The van der Waals surface area contributed by atoms with E-state index in [0.717, 1.165) is 18.0 Å². The maximum absolute atomic E-state index is 13.1. The van der Waals surface area contributed by atoms with Crippen molar-refractivity contribution in [3.63, 3.8) is 0 Å². The Morgan fingerprint density at radius 3 is 2.21 bits per heavy atom. The highest BCUT2D eigenvalue weighted by atomic mass is 16.5.